The molecule has 4 heteroatoms. The molecule has 3 aromatic carbocycles. The van der Waals surface area contributed by atoms with Gasteiger partial charge in [0.1, 0.15) is 0 Å². The lowest BCUT2D eigenvalue weighted by atomic mass is 9.83. The molecule has 25 heavy (non-hydrogen) atoms. The lowest BCUT2D eigenvalue weighted by Gasteiger charge is -2.21. The van der Waals surface area contributed by atoms with Crippen LogP contribution in [-0.2, 0) is 0 Å². The van der Waals surface area contributed by atoms with Gasteiger partial charge in [-0.25, -0.2) is 0 Å². The summed E-state index contributed by atoms with van der Waals surface area (Å²) >= 11 is 0. The first-order chi connectivity index (χ1) is 12.1. The second-order valence-electron chi connectivity index (χ2n) is 5.89. The number of ether oxygens (including phenoxy) is 1. The predicted octanol–water partition coefficient (Wildman–Crippen LogP) is 5.09. The summed E-state index contributed by atoms with van der Waals surface area (Å²) in [5.41, 5.74) is 4.41. The van der Waals surface area contributed by atoms with Crippen LogP contribution in [0.5, 0.6) is 5.75 Å². The van der Waals surface area contributed by atoms with Crippen LogP contribution in [-0.4, -0.2) is 12.0 Å². The first kappa shape index (κ1) is 16.7. The second-order valence-corrected chi connectivity index (χ2v) is 5.89. The SMILES string of the molecule is COc1cc(C(c2ccccc2)c2ccccc2C)ccc1[N+](=O)[O-]. The van der Waals surface area contributed by atoms with Crippen LogP contribution in [0.25, 0.3) is 0 Å². The molecule has 3 aromatic rings. The fourth-order valence-electron chi connectivity index (χ4n) is 3.13. The van der Waals surface area contributed by atoms with Crippen molar-refractivity contribution in [1.29, 1.82) is 0 Å². The molecular weight excluding hydrogens is 314 g/mol. The minimum absolute atomic E-state index is 0.0166. The summed E-state index contributed by atoms with van der Waals surface area (Å²) < 4.78 is 5.26. The van der Waals surface area contributed by atoms with Crippen molar-refractivity contribution in [2.45, 2.75) is 12.8 Å². The fourth-order valence-corrected chi connectivity index (χ4v) is 3.13. The Labute approximate surface area is 146 Å². The van der Waals surface area contributed by atoms with Gasteiger partial charge in [-0.05, 0) is 35.2 Å². The summed E-state index contributed by atoms with van der Waals surface area (Å²) in [6.45, 7) is 2.08. The molecule has 0 heterocycles. The molecule has 1 atom stereocenters. The first-order valence-electron chi connectivity index (χ1n) is 8.04. The van der Waals surface area contributed by atoms with E-state index in [0.29, 0.717) is 0 Å². The zero-order valence-corrected chi connectivity index (χ0v) is 14.2. The molecule has 0 fully saturated rings. The zero-order chi connectivity index (χ0) is 17.8. The summed E-state index contributed by atoms with van der Waals surface area (Å²) in [6.07, 6.45) is 0. The average molecular weight is 333 g/mol. The van der Waals surface area contributed by atoms with E-state index in [0.717, 1.165) is 11.1 Å². The molecule has 0 radical (unpaired) electrons. The maximum absolute atomic E-state index is 11.2. The number of rotatable bonds is 5. The quantitative estimate of drug-likeness (QED) is 0.371. The Balaban J connectivity index is 2.19. The number of benzene rings is 3. The van der Waals surface area contributed by atoms with Gasteiger partial charge in [-0.15, -0.1) is 0 Å². The lowest BCUT2D eigenvalue weighted by Crippen LogP contribution is -2.06. The molecule has 3 rings (SSSR count). The number of aryl methyl sites for hydroxylation is 1. The van der Waals surface area contributed by atoms with Crippen LogP contribution in [0, 0.1) is 17.0 Å². The van der Waals surface area contributed by atoms with Crippen molar-refractivity contribution >= 4 is 5.69 Å². The van der Waals surface area contributed by atoms with Gasteiger partial charge in [0.15, 0.2) is 5.75 Å². The Morgan fingerprint density at radius 2 is 1.60 bits per heavy atom. The van der Waals surface area contributed by atoms with E-state index in [-0.39, 0.29) is 17.4 Å². The van der Waals surface area contributed by atoms with E-state index in [2.05, 4.69) is 31.2 Å². The maximum Gasteiger partial charge on any atom is 0.310 e. The standard InChI is InChI=1S/C21H19NO3/c1-15-8-6-7-11-18(15)21(16-9-4-3-5-10-16)17-12-13-19(22(23)24)20(14-17)25-2/h3-14,21H,1-2H3. The van der Waals surface area contributed by atoms with Gasteiger partial charge in [0.2, 0.25) is 0 Å². The Bertz CT molecular complexity index is 891. The van der Waals surface area contributed by atoms with Crippen molar-refractivity contribution in [1.82, 2.24) is 0 Å². The number of nitro groups is 1. The number of nitro benzene ring substituents is 1. The van der Waals surface area contributed by atoms with E-state index in [1.165, 1.54) is 24.3 Å². The third-order valence-corrected chi connectivity index (χ3v) is 4.37. The van der Waals surface area contributed by atoms with Gasteiger partial charge < -0.3 is 4.74 Å². The Kier molecular flexibility index (Phi) is 4.80. The molecule has 126 valence electrons. The number of hydrogen-bond donors (Lipinski definition) is 0. The maximum atomic E-state index is 11.2. The number of nitrogens with zero attached hydrogens (tertiary/aromatic N) is 1. The van der Waals surface area contributed by atoms with Crippen LogP contribution in [0.4, 0.5) is 5.69 Å². The van der Waals surface area contributed by atoms with Crippen molar-refractivity contribution in [3.05, 3.63) is 105 Å². The minimum atomic E-state index is -0.423. The Hall–Kier alpha value is -3.14. The van der Waals surface area contributed by atoms with Crippen molar-refractivity contribution in [2.75, 3.05) is 7.11 Å². The highest BCUT2D eigenvalue weighted by atomic mass is 16.6. The van der Waals surface area contributed by atoms with Crippen molar-refractivity contribution in [3.8, 4) is 5.75 Å². The smallest absolute Gasteiger partial charge is 0.310 e. The molecule has 1 unspecified atom stereocenters. The molecule has 0 aliphatic carbocycles. The molecule has 0 saturated carbocycles. The molecule has 0 bridgehead atoms. The van der Waals surface area contributed by atoms with Crippen LogP contribution in [0.2, 0.25) is 0 Å². The van der Waals surface area contributed by atoms with E-state index in [1.807, 2.05) is 36.4 Å². The lowest BCUT2D eigenvalue weighted by molar-refractivity contribution is -0.385. The van der Waals surface area contributed by atoms with E-state index in [4.69, 9.17) is 4.74 Å². The van der Waals surface area contributed by atoms with Crippen molar-refractivity contribution in [2.24, 2.45) is 0 Å². The van der Waals surface area contributed by atoms with Gasteiger partial charge in [0.05, 0.1) is 12.0 Å². The molecule has 0 aliphatic heterocycles. The molecule has 4 nitrogen and oxygen atoms in total. The first-order valence-corrected chi connectivity index (χ1v) is 8.04. The van der Waals surface area contributed by atoms with Crippen LogP contribution >= 0.6 is 0 Å². The summed E-state index contributed by atoms with van der Waals surface area (Å²) in [5.74, 6) is 0.258. The third-order valence-electron chi connectivity index (χ3n) is 4.37. The van der Waals surface area contributed by atoms with Gasteiger partial charge in [0, 0.05) is 12.0 Å². The van der Waals surface area contributed by atoms with Gasteiger partial charge >= 0.3 is 5.69 Å². The van der Waals surface area contributed by atoms with E-state index in [9.17, 15) is 10.1 Å². The topological polar surface area (TPSA) is 52.4 Å². The van der Waals surface area contributed by atoms with Gasteiger partial charge in [-0.2, -0.15) is 0 Å². The zero-order valence-electron chi connectivity index (χ0n) is 14.2. The van der Waals surface area contributed by atoms with E-state index in [1.54, 1.807) is 6.07 Å². The molecule has 0 amide bonds. The van der Waals surface area contributed by atoms with Gasteiger partial charge in [-0.3, -0.25) is 10.1 Å². The normalized spacial score (nSPS) is 11.8. The van der Waals surface area contributed by atoms with E-state index < -0.39 is 4.92 Å². The minimum Gasteiger partial charge on any atom is -0.490 e. The molecule has 0 spiro atoms. The largest absolute Gasteiger partial charge is 0.490 e. The van der Waals surface area contributed by atoms with Crippen molar-refractivity contribution in [3.63, 3.8) is 0 Å². The van der Waals surface area contributed by atoms with Crippen molar-refractivity contribution < 1.29 is 9.66 Å². The van der Waals surface area contributed by atoms with Gasteiger partial charge in [-0.1, -0.05) is 60.7 Å². The van der Waals surface area contributed by atoms with Crippen LogP contribution in [0.1, 0.15) is 28.2 Å². The monoisotopic (exact) mass is 333 g/mol. The van der Waals surface area contributed by atoms with Crippen LogP contribution in [0.3, 0.4) is 0 Å². The average Bonchev–Trinajstić information content (AvgIpc) is 2.64. The fraction of sp³-hybridized carbons (Fsp3) is 0.143. The summed E-state index contributed by atoms with van der Waals surface area (Å²) in [7, 11) is 1.46. The molecule has 0 aromatic heterocycles. The highest BCUT2D eigenvalue weighted by Gasteiger charge is 2.22. The Morgan fingerprint density at radius 3 is 2.24 bits per heavy atom. The van der Waals surface area contributed by atoms with Crippen LogP contribution < -0.4 is 4.74 Å². The summed E-state index contributed by atoms with van der Waals surface area (Å²) in [5, 5.41) is 11.2. The molecular formula is C21H19NO3. The summed E-state index contributed by atoms with van der Waals surface area (Å²) in [6, 6.07) is 23.4. The number of methoxy groups -OCH3 is 1. The van der Waals surface area contributed by atoms with Crippen LogP contribution in [0.15, 0.2) is 72.8 Å². The van der Waals surface area contributed by atoms with E-state index >= 15 is 0 Å². The van der Waals surface area contributed by atoms with Gasteiger partial charge in [0.25, 0.3) is 0 Å². The highest BCUT2D eigenvalue weighted by Crippen LogP contribution is 2.37. The summed E-state index contributed by atoms with van der Waals surface area (Å²) in [4.78, 5) is 10.8. The number of hydrogen-bond acceptors (Lipinski definition) is 3. The Morgan fingerprint density at radius 1 is 0.920 bits per heavy atom. The highest BCUT2D eigenvalue weighted by molar-refractivity contribution is 5.54. The molecule has 0 N–H and O–H groups in total. The molecule has 0 aliphatic rings. The predicted molar refractivity (Wildman–Crippen MR) is 98.2 cm³/mol. The second kappa shape index (κ2) is 7.18. The molecule has 0 saturated heterocycles. The third kappa shape index (κ3) is 3.38.